The van der Waals surface area contributed by atoms with Crippen LogP contribution in [0.15, 0.2) is 60.7 Å². The fraction of sp³-hybridized carbons (Fsp3) is 0.280. The topological polar surface area (TPSA) is 74.8 Å². The SMILES string of the molecule is O=C(c1ccc(F)cc1)[C@H](CCCl)N(C(=O)c1ccc(Cl)cc1)N1C(=O)[C@H]2CC=CC[C@@H]2C1=O. The Bertz CT molecular complexity index is 1120. The first-order valence-electron chi connectivity index (χ1n) is 10.8. The van der Waals surface area contributed by atoms with E-state index in [-0.39, 0.29) is 23.4 Å². The lowest BCUT2D eigenvalue weighted by Crippen LogP contribution is -2.57. The van der Waals surface area contributed by atoms with Crippen LogP contribution >= 0.6 is 23.2 Å². The molecule has 6 nitrogen and oxygen atoms in total. The fourth-order valence-electron chi connectivity index (χ4n) is 4.37. The van der Waals surface area contributed by atoms with E-state index in [2.05, 4.69) is 0 Å². The first kappa shape index (κ1) is 24.1. The Morgan fingerprint density at radius 1 is 0.941 bits per heavy atom. The number of allylic oxidation sites excluding steroid dienone is 2. The van der Waals surface area contributed by atoms with Gasteiger partial charge in [-0.15, -0.1) is 11.6 Å². The Kier molecular flexibility index (Phi) is 7.14. The number of Topliss-reactive ketones (excluding diaryl/α,β-unsaturated/α-hetero) is 1. The molecule has 1 aliphatic carbocycles. The fourth-order valence-corrected chi connectivity index (χ4v) is 4.70. The number of imide groups is 1. The second-order valence-corrected chi connectivity index (χ2v) is 8.98. The van der Waals surface area contributed by atoms with E-state index in [9.17, 15) is 23.6 Å². The molecule has 1 aliphatic heterocycles. The van der Waals surface area contributed by atoms with Crippen LogP contribution in [0.2, 0.25) is 5.02 Å². The first-order valence-corrected chi connectivity index (χ1v) is 11.7. The van der Waals surface area contributed by atoms with E-state index in [4.69, 9.17) is 23.2 Å². The van der Waals surface area contributed by atoms with Crippen molar-refractivity contribution in [1.82, 2.24) is 10.0 Å². The number of halogens is 3. The first-order chi connectivity index (χ1) is 16.3. The van der Waals surface area contributed by atoms with Crippen molar-refractivity contribution in [1.29, 1.82) is 0 Å². The van der Waals surface area contributed by atoms with Gasteiger partial charge in [-0.1, -0.05) is 23.8 Å². The molecule has 0 spiro atoms. The molecule has 0 bridgehead atoms. The van der Waals surface area contributed by atoms with Crippen LogP contribution in [0.3, 0.4) is 0 Å². The number of alkyl halides is 1. The molecule has 4 rings (SSSR count). The van der Waals surface area contributed by atoms with Gasteiger partial charge in [-0.05, 0) is 67.8 Å². The van der Waals surface area contributed by atoms with E-state index in [1.807, 2.05) is 12.2 Å². The Morgan fingerprint density at radius 3 is 2.00 bits per heavy atom. The normalized spacial score (nSPS) is 20.3. The Balaban J connectivity index is 1.80. The smallest absolute Gasteiger partial charge is 0.273 e. The Labute approximate surface area is 205 Å². The number of amides is 3. The van der Waals surface area contributed by atoms with Gasteiger partial charge in [0.2, 0.25) is 0 Å². The predicted octanol–water partition coefficient (Wildman–Crippen LogP) is 4.67. The minimum absolute atomic E-state index is 0.0212. The van der Waals surface area contributed by atoms with Crippen LogP contribution in [-0.4, -0.2) is 45.4 Å². The number of hydrogen-bond acceptors (Lipinski definition) is 4. The van der Waals surface area contributed by atoms with Crippen molar-refractivity contribution in [2.45, 2.75) is 25.3 Å². The summed E-state index contributed by atoms with van der Waals surface area (Å²) in [7, 11) is 0. The van der Waals surface area contributed by atoms with Gasteiger partial charge in [-0.3, -0.25) is 19.2 Å². The van der Waals surface area contributed by atoms with Crippen molar-refractivity contribution in [2.24, 2.45) is 11.8 Å². The highest BCUT2D eigenvalue weighted by atomic mass is 35.5. The average Bonchev–Trinajstić information content (AvgIpc) is 3.09. The summed E-state index contributed by atoms with van der Waals surface area (Å²) in [5, 5.41) is 2.14. The molecule has 0 saturated carbocycles. The standard InChI is InChI=1S/C25H21Cl2FN2O4/c26-14-13-21(22(31)15-7-11-18(28)12-8-15)29(23(32)16-5-9-17(27)10-6-16)30-24(33)19-3-1-2-4-20(19)25(30)34/h1-2,5-12,19-21H,3-4,13-14H2/t19-,20-,21-/m0/s1. The van der Waals surface area contributed by atoms with Crippen molar-refractivity contribution in [2.75, 3.05) is 5.88 Å². The number of ketones is 1. The molecule has 1 fully saturated rings. The molecular formula is C25H21Cl2FN2O4. The molecule has 0 aromatic heterocycles. The molecule has 3 amide bonds. The summed E-state index contributed by atoms with van der Waals surface area (Å²) in [6, 6.07) is 9.50. The molecule has 2 aromatic rings. The van der Waals surface area contributed by atoms with E-state index >= 15 is 0 Å². The molecule has 1 heterocycles. The van der Waals surface area contributed by atoms with Gasteiger partial charge in [-0.2, -0.15) is 5.01 Å². The van der Waals surface area contributed by atoms with Crippen molar-refractivity contribution in [3.63, 3.8) is 0 Å². The number of carbonyl (C=O) groups is 4. The maximum atomic E-state index is 13.7. The molecule has 1 saturated heterocycles. The number of fused-ring (bicyclic) bond motifs is 1. The minimum atomic E-state index is -1.26. The van der Waals surface area contributed by atoms with Crippen LogP contribution in [0.5, 0.6) is 0 Å². The number of rotatable bonds is 7. The van der Waals surface area contributed by atoms with E-state index in [1.165, 1.54) is 36.4 Å². The summed E-state index contributed by atoms with van der Waals surface area (Å²) in [6.45, 7) is 0. The van der Waals surface area contributed by atoms with Gasteiger partial charge < -0.3 is 0 Å². The average molecular weight is 503 g/mol. The van der Waals surface area contributed by atoms with Crippen LogP contribution in [0.1, 0.15) is 40.0 Å². The molecule has 34 heavy (non-hydrogen) atoms. The quantitative estimate of drug-likeness (QED) is 0.238. The third-order valence-corrected chi connectivity index (χ3v) is 6.58. The third kappa shape index (κ3) is 4.50. The lowest BCUT2D eigenvalue weighted by Gasteiger charge is -2.36. The zero-order valence-electron chi connectivity index (χ0n) is 18.0. The molecule has 2 aromatic carbocycles. The van der Waals surface area contributed by atoms with E-state index in [1.54, 1.807) is 0 Å². The molecule has 2 aliphatic rings. The van der Waals surface area contributed by atoms with Gasteiger partial charge >= 0.3 is 0 Å². The van der Waals surface area contributed by atoms with Crippen LogP contribution in [0.25, 0.3) is 0 Å². The number of hydrazine groups is 1. The van der Waals surface area contributed by atoms with Crippen LogP contribution < -0.4 is 0 Å². The maximum Gasteiger partial charge on any atom is 0.273 e. The van der Waals surface area contributed by atoms with Gasteiger partial charge in [0.25, 0.3) is 17.7 Å². The molecular weight excluding hydrogens is 482 g/mol. The van der Waals surface area contributed by atoms with Gasteiger partial charge in [0.05, 0.1) is 11.8 Å². The monoisotopic (exact) mass is 502 g/mol. The van der Waals surface area contributed by atoms with Crippen molar-refractivity contribution in [3.8, 4) is 0 Å². The number of carbonyl (C=O) groups excluding carboxylic acids is 4. The summed E-state index contributed by atoms with van der Waals surface area (Å²) in [5.74, 6) is -4.09. The van der Waals surface area contributed by atoms with Crippen molar-refractivity contribution in [3.05, 3.63) is 82.6 Å². The molecule has 0 unspecified atom stereocenters. The number of nitrogens with zero attached hydrogens (tertiary/aromatic N) is 2. The van der Waals surface area contributed by atoms with Crippen LogP contribution in [0.4, 0.5) is 4.39 Å². The van der Waals surface area contributed by atoms with Gasteiger partial charge in [0.15, 0.2) is 5.78 Å². The summed E-state index contributed by atoms with van der Waals surface area (Å²) in [4.78, 5) is 53.9. The highest BCUT2D eigenvalue weighted by Crippen LogP contribution is 2.37. The maximum absolute atomic E-state index is 13.7. The second kappa shape index (κ2) is 10.1. The Morgan fingerprint density at radius 2 is 1.47 bits per heavy atom. The minimum Gasteiger partial charge on any atom is -0.292 e. The Hall–Kier alpha value is -3.03. The van der Waals surface area contributed by atoms with Crippen molar-refractivity contribution >= 4 is 46.7 Å². The number of hydrogen-bond donors (Lipinski definition) is 0. The largest absolute Gasteiger partial charge is 0.292 e. The predicted molar refractivity (Wildman–Crippen MR) is 125 cm³/mol. The van der Waals surface area contributed by atoms with E-state index in [0.29, 0.717) is 17.9 Å². The third-order valence-electron chi connectivity index (χ3n) is 6.11. The molecule has 0 radical (unpaired) electrons. The highest BCUT2D eigenvalue weighted by Gasteiger charge is 2.53. The summed E-state index contributed by atoms with van der Waals surface area (Å²) >= 11 is 12.0. The lowest BCUT2D eigenvalue weighted by atomic mass is 9.85. The second-order valence-electron chi connectivity index (χ2n) is 8.17. The molecule has 176 valence electrons. The van der Waals surface area contributed by atoms with Crippen LogP contribution in [-0.2, 0) is 9.59 Å². The van der Waals surface area contributed by atoms with Crippen molar-refractivity contribution < 1.29 is 23.6 Å². The molecule has 0 N–H and O–H groups in total. The molecule has 3 atom stereocenters. The van der Waals surface area contributed by atoms with E-state index < -0.39 is 47.2 Å². The zero-order valence-corrected chi connectivity index (χ0v) is 19.5. The lowest BCUT2D eigenvalue weighted by molar-refractivity contribution is -0.156. The van der Waals surface area contributed by atoms with Crippen LogP contribution in [0, 0.1) is 17.7 Å². The van der Waals surface area contributed by atoms with E-state index in [0.717, 1.165) is 22.2 Å². The zero-order chi connectivity index (χ0) is 24.4. The molecule has 9 heteroatoms. The number of benzene rings is 2. The summed E-state index contributed by atoms with van der Waals surface area (Å²) in [5.41, 5.74) is 0.271. The van der Waals surface area contributed by atoms with Gasteiger partial charge in [0.1, 0.15) is 11.9 Å². The summed E-state index contributed by atoms with van der Waals surface area (Å²) in [6.07, 6.45) is 4.39. The highest BCUT2D eigenvalue weighted by molar-refractivity contribution is 6.30. The van der Waals surface area contributed by atoms with Gasteiger partial charge in [-0.25, -0.2) is 9.40 Å². The summed E-state index contributed by atoms with van der Waals surface area (Å²) < 4.78 is 13.4. The van der Waals surface area contributed by atoms with Gasteiger partial charge in [0, 0.05) is 22.0 Å².